The van der Waals surface area contributed by atoms with Gasteiger partial charge in [0.05, 0.1) is 24.5 Å². The summed E-state index contributed by atoms with van der Waals surface area (Å²) >= 11 is 0. The van der Waals surface area contributed by atoms with Crippen LogP contribution in [0.5, 0.6) is 0 Å². The molecule has 1 aliphatic carbocycles. The Labute approximate surface area is 141 Å². The molecule has 2 aromatic heterocycles. The van der Waals surface area contributed by atoms with Crippen molar-refractivity contribution in [2.75, 3.05) is 11.9 Å². The van der Waals surface area contributed by atoms with Gasteiger partial charge in [0.15, 0.2) is 0 Å². The van der Waals surface area contributed by atoms with E-state index in [9.17, 15) is 4.79 Å². The first kappa shape index (κ1) is 15.3. The molecule has 0 spiro atoms. The topological polar surface area (TPSA) is 69.0 Å². The first-order chi connectivity index (χ1) is 11.8. The minimum Gasteiger partial charge on any atom is -0.376 e. The maximum Gasteiger partial charge on any atom is 0.274 e. The molecule has 1 fully saturated rings. The quantitative estimate of drug-likeness (QED) is 0.937. The summed E-state index contributed by atoms with van der Waals surface area (Å²) < 4.78 is 7.44. The van der Waals surface area contributed by atoms with E-state index in [0.29, 0.717) is 11.4 Å². The first-order valence-corrected chi connectivity index (χ1v) is 8.72. The van der Waals surface area contributed by atoms with Crippen molar-refractivity contribution in [1.29, 1.82) is 0 Å². The Morgan fingerprint density at radius 2 is 2.21 bits per heavy atom. The number of anilines is 1. The third-order valence-corrected chi connectivity index (χ3v) is 4.72. The van der Waals surface area contributed by atoms with Crippen LogP contribution in [0.4, 0.5) is 5.69 Å². The average Bonchev–Trinajstić information content (AvgIpc) is 3.27. The van der Waals surface area contributed by atoms with Crippen molar-refractivity contribution in [3.8, 4) is 0 Å². The van der Waals surface area contributed by atoms with Crippen molar-refractivity contribution in [2.24, 2.45) is 0 Å². The van der Waals surface area contributed by atoms with Crippen LogP contribution >= 0.6 is 0 Å². The Morgan fingerprint density at radius 3 is 3.08 bits per heavy atom. The van der Waals surface area contributed by atoms with Crippen LogP contribution in [0.15, 0.2) is 24.5 Å². The Kier molecular flexibility index (Phi) is 4.30. The van der Waals surface area contributed by atoms with E-state index in [-0.39, 0.29) is 12.0 Å². The molecule has 1 aliphatic heterocycles. The summed E-state index contributed by atoms with van der Waals surface area (Å²) in [5.41, 5.74) is 3.52. The Bertz CT molecular complexity index is 734. The van der Waals surface area contributed by atoms with E-state index in [1.165, 1.54) is 12.0 Å². The van der Waals surface area contributed by atoms with Crippen LogP contribution in [0.1, 0.15) is 47.4 Å². The third kappa shape index (κ3) is 3.33. The summed E-state index contributed by atoms with van der Waals surface area (Å²) in [7, 11) is 0. The van der Waals surface area contributed by atoms with Gasteiger partial charge in [-0.3, -0.25) is 9.48 Å². The van der Waals surface area contributed by atoms with Crippen molar-refractivity contribution in [3.05, 3.63) is 41.5 Å². The highest BCUT2D eigenvalue weighted by Crippen LogP contribution is 2.20. The number of nitrogens with zero attached hydrogens (tertiary/aromatic N) is 3. The number of nitrogens with one attached hydrogen (secondary N) is 1. The normalized spacial score (nSPS) is 19.9. The molecule has 6 nitrogen and oxygen atoms in total. The number of rotatable bonds is 4. The number of hydrogen-bond acceptors (Lipinski definition) is 4. The van der Waals surface area contributed by atoms with E-state index >= 15 is 0 Å². The molecule has 0 bridgehead atoms. The van der Waals surface area contributed by atoms with Crippen LogP contribution in [0.25, 0.3) is 0 Å². The zero-order chi connectivity index (χ0) is 16.4. The highest BCUT2D eigenvalue weighted by Gasteiger charge is 2.18. The maximum atomic E-state index is 12.4. The molecule has 6 heteroatoms. The number of ether oxygens (including phenoxy) is 1. The average molecular weight is 326 g/mol. The largest absolute Gasteiger partial charge is 0.376 e. The lowest BCUT2D eigenvalue weighted by Gasteiger charge is -2.15. The Balaban J connectivity index is 1.41. The van der Waals surface area contributed by atoms with Gasteiger partial charge in [0.2, 0.25) is 0 Å². The molecular formula is C18H22N4O2. The smallest absolute Gasteiger partial charge is 0.274 e. The summed E-state index contributed by atoms with van der Waals surface area (Å²) in [4.78, 5) is 17.0. The molecule has 1 amide bonds. The van der Waals surface area contributed by atoms with Gasteiger partial charge in [0, 0.05) is 18.5 Å². The van der Waals surface area contributed by atoms with Crippen molar-refractivity contribution in [2.45, 2.75) is 51.2 Å². The monoisotopic (exact) mass is 326 g/mol. The summed E-state index contributed by atoms with van der Waals surface area (Å²) in [5.74, 6) is -0.181. The molecule has 1 unspecified atom stereocenters. The van der Waals surface area contributed by atoms with Crippen LogP contribution in [0, 0.1) is 0 Å². The summed E-state index contributed by atoms with van der Waals surface area (Å²) in [5, 5.41) is 7.18. The fraction of sp³-hybridized carbons (Fsp3) is 0.500. The van der Waals surface area contributed by atoms with Gasteiger partial charge in [0.1, 0.15) is 5.69 Å². The molecule has 126 valence electrons. The summed E-state index contributed by atoms with van der Waals surface area (Å²) in [6.45, 7) is 1.56. The lowest BCUT2D eigenvalue weighted by Crippen LogP contribution is -2.16. The molecule has 2 aliphatic rings. The van der Waals surface area contributed by atoms with E-state index < -0.39 is 0 Å². The van der Waals surface area contributed by atoms with E-state index in [4.69, 9.17) is 4.74 Å². The highest BCUT2D eigenvalue weighted by atomic mass is 16.5. The predicted octanol–water partition coefficient (Wildman–Crippen LogP) is 2.59. The number of carbonyl (C=O) groups excluding carboxylic acids is 1. The lowest BCUT2D eigenvalue weighted by atomic mass is 9.96. The Morgan fingerprint density at radius 1 is 1.29 bits per heavy atom. The van der Waals surface area contributed by atoms with Gasteiger partial charge in [-0.05, 0) is 50.2 Å². The third-order valence-electron chi connectivity index (χ3n) is 4.72. The number of amides is 1. The van der Waals surface area contributed by atoms with Gasteiger partial charge in [-0.2, -0.15) is 5.10 Å². The van der Waals surface area contributed by atoms with Gasteiger partial charge in [-0.25, -0.2) is 4.98 Å². The molecule has 2 aromatic rings. The SMILES string of the molecule is O=C(Nc1cnn(CC2CCCO2)c1)c1ccc2c(n1)CCCC2. The van der Waals surface area contributed by atoms with Gasteiger partial charge < -0.3 is 10.1 Å². The van der Waals surface area contributed by atoms with Crippen LogP contribution in [0.2, 0.25) is 0 Å². The van der Waals surface area contributed by atoms with Gasteiger partial charge in [-0.1, -0.05) is 6.07 Å². The molecule has 3 heterocycles. The van der Waals surface area contributed by atoms with E-state index in [2.05, 4.69) is 15.4 Å². The molecule has 1 N–H and O–H groups in total. The van der Waals surface area contributed by atoms with E-state index in [0.717, 1.165) is 50.9 Å². The summed E-state index contributed by atoms with van der Waals surface area (Å²) in [6, 6.07) is 3.85. The number of pyridine rings is 1. The van der Waals surface area contributed by atoms with Gasteiger partial charge in [0.25, 0.3) is 5.91 Å². The Hall–Kier alpha value is -2.21. The number of hydrogen-bond donors (Lipinski definition) is 1. The van der Waals surface area contributed by atoms with Crippen molar-refractivity contribution >= 4 is 11.6 Å². The van der Waals surface area contributed by atoms with E-state index in [1.807, 2.05) is 23.0 Å². The molecular weight excluding hydrogens is 304 g/mol. The number of fused-ring (bicyclic) bond motifs is 1. The van der Waals surface area contributed by atoms with Crippen molar-refractivity contribution in [1.82, 2.24) is 14.8 Å². The molecule has 1 atom stereocenters. The fourth-order valence-corrected chi connectivity index (χ4v) is 3.43. The highest BCUT2D eigenvalue weighted by molar-refractivity contribution is 6.02. The van der Waals surface area contributed by atoms with Crippen molar-refractivity contribution < 1.29 is 9.53 Å². The lowest BCUT2D eigenvalue weighted by molar-refractivity contribution is 0.0940. The van der Waals surface area contributed by atoms with Crippen LogP contribution in [0.3, 0.4) is 0 Å². The number of aromatic nitrogens is 3. The van der Waals surface area contributed by atoms with Crippen molar-refractivity contribution in [3.63, 3.8) is 0 Å². The molecule has 4 rings (SSSR count). The molecule has 0 saturated carbocycles. The maximum absolute atomic E-state index is 12.4. The second-order valence-electron chi connectivity index (χ2n) is 6.55. The molecule has 24 heavy (non-hydrogen) atoms. The van der Waals surface area contributed by atoms with Gasteiger partial charge in [-0.15, -0.1) is 0 Å². The predicted molar refractivity (Wildman–Crippen MR) is 90.0 cm³/mol. The van der Waals surface area contributed by atoms with Crippen LogP contribution in [-0.2, 0) is 24.1 Å². The molecule has 1 saturated heterocycles. The van der Waals surface area contributed by atoms with Gasteiger partial charge >= 0.3 is 0 Å². The molecule has 0 radical (unpaired) electrons. The van der Waals surface area contributed by atoms with E-state index in [1.54, 1.807) is 6.20 Å². The number of carbonyl (C=O) groups is 1. The standard InChI is InChI=1S/C18H22N4O2/c23-18(17-8-7-13-4-1-2-6-16(13)21-17)20-14-10-19-22(11-14)12-15-5-3-9-24-15/h7-8,10-11,15H,1-6,9,12H2,(H,20,23). The first-order valence-electron chi connectivity index (χ1n) is 8.72. The summed E-state index contributed by atoms with van der Waals surface area (Å²) in [6.07, 6.45) is 10.3. The zero-order valence-corrected chi connectivity index (χ0v) is 13.7. The van der Waals surface area contributed by atoms with Crippen LogP contribution in [-0.4, -0.2) is 33.4 Å². The number of aryl methyl sites for hydroxylation is 2. The fourth-order valence-electron chi connectivity index (χ4n) is 3.43. The second kappa shape index (κ2) is 6.73. The van der Waals surface area contributed by atoms with Crippen LogP contribution < -0.4 is 5.32 Å². The second-order valence-corrected chi connectivity index (χ2v) is 6.55. The minimum atomic E-state index is -0.181. The minimum absolute atomic E-state index is 0.181. The zero-order valence-electron chi connectivity index (χ0n) is 13.7. The molecule has 0 aromatic carbocycles.